The first-order valence-electron chi connectivity index (χ1n) is 23.7. The van der Waals surface area contributed by atoms with E-state index in [-0.39, 0.29) is 12.5 Å². The van der Waals surface area contributed by atoms with Crippen molar-refractivity contribution >= 4 is 5.91 Å². The molecule has 51 heavy (non-hydrogen) atoms. The van der Waals surface area contributed by atoms with Gasteiger partial charge in [-0.1, -0.05) is 258 Å². The molecule has 4 heteroatoms. The van der Waals surface area contributed by atoms with Crippen LogP contribution in [0.4, 0.5) is 0 Å². The summed E-state index contributed by atoms with van der Waals surface area (Å²) in [7, 11) is 0. The second kappa shape index (κ2) is 43.8. The van der Waals surface area contributed by atoms with Crippen LogP contribution in [0.2, 0.25) is 0 Å². The van der Waals surface area contributed by atoms with Gasteiger partial charge >= 0.3 is 0 Å². The van der Waals surface area contributed by atoms with E-state index in [1.807, 2.05) is 0 Å². The lowest BCUT2D eigenvalue weighted by atomic mass is 10.0. The largest absolute Gasteiger partial charge is 0.394 e. The lowest BCUT2D eigenvalue weighted by Crippen LogP contribution is -2.45. The predicted octanol–water partition coefficient (Wildman–Crippen LogP) is 14.9. The molecular weight excluding hydrogens is 627 g/mol. The fraction of sp³-hybridized carbons (Fsp3) is 0.979. The van der Waals surface area contributed by atoms with Gasteiger partial charge in [0.15, 0.2) is 0 Å². The van der Waals surface area contributed by atoms with Crippen LogP contribution in [0.15, 0.2) is 0 Å². The maximum atomic E-state index is 12.4. The van der Waals surface area contributed by atoms with E-state index < -0.39 is 12.1 Å². The van der Waals surface area contributed by atoms with Crippen molar-refractivity contribution in [2.24, 2.45) is 0 Å². The Hall–Kier alpha value is -0.610. The van der Waals surface area contributed by atoms with E-state index >= 15 is 0 Å². The van der Waals surface area contributed by atoms with Crippen molar-refractivity contribution in [1.29, 1.82) is 0 Å². The van der Waals surface area contributed by atoms with Gasteiger partial charge in [-0.25, -0.2) is 0 Å². The number of rotatable bonds is 44. The number of unbranched alkanes of at least 4 members (excludes halogenated alkanes) is 37. The molecule has 0 spiro atoms. The lowest BCUT2D eigenvalue weighted by molar-refractivity contribution is -0.123. The highest BCUT2D eigenvalue weighted by Crippen LogP contribution is 2.17. The molecule has 0 fully saturated rings. The van der Waals surface area contributed by atoms with Crippen molar-refractivity contribution < 1.29 is 15.0 Å². The first kappa shape index (κ1) is 50.4. The predicted molar refractivity (Wildman–Crippen MR) is 226 cm³/mol. The molecule has 4 nitrogen and oxygen atoms in total. The van der Waals surface area contributed by atoms with Crippen LogP contribution >= 0.6 is 0 Å². The van der Waals surface area contributed by atoms with Crippen LogP contribution in [0.25, 0.3) is 0 Å². The van der Waals surface area contributed by atoms with Gasteiger partial charge in [-0.15, -0.1) is 0 Å². The van der Waals surface area contributed by atoms with Gasteiger partial charge in [0.05, 0.1) is 18.8 Å². The number of aliphatic hydroxyl groups excluding tert-OH is 2. The summed E-state index contributed by atoms with van der Waals surface area (Å²) in [6.07, 6.45) is 53.3. The highest BCUT2D eigenvalue weighted by molar-refractivity contribution is 5.76. The zero-order valence-electron chi connectivity index (χ0n) is 35.2. The fourth-order valence-corrected chi connectivity index (χ4v) is 7.72. The number of nitrogens with one attached hydrogen (secondary N) is 1. The molecule has 0 aliphatic rings. The van der Waals surface area contributed by atoms with Gasteiger partial charge < -0.3 is 15.5 Å². The first-order chi connectivity index (χ1) is 25.2. The molecule has 0 rings (SSSR count). The lowest BCUT2D eigenvalue weighted by Gasteiger charge is -2.22. The Morgan fingerprint density at radius 2 is 0.627 bits per heavy atom. The summed E-state index contributed by atoms with van der Waals surface area (Å²) in [6.45, 7) is 4.39. The second-order valence-corrected chi connectivity index (χ2v) is 16.5. The molecule has 0 aliphatic carbocycles. The highest BCUT2D eigenvalue weighted by Gasteiger charge is 2.20. The highest BCUT2D eigenvalue weighted by atomic mass is 16.3. The molecule has 2 atom stereocenters. The third kappa shape index (κ3) is 40.4. The van der Waals surface area contributed by atoms with Crippen LogP contribution in [0.1, 0.15) is 277 Å². The molecule has 2 unspecified atom stereocenters. The fourth-order valence-electron chi connectivity index (χ4n) is 7.72. The van der Waals surface area contributed by atoms with Crippen molar-refractivity contribution in [3.05, 3.63) is 0 Å². The standard InChI is InChI=1S/C47H95NO3/c1-3-5-7-9-11-13-15-17-19-21-22-23-24-25-27-29-31-33-35-37-39-41-43-47(51)48-45(44-49)46(50)42-40-38-36-34-32-30-28-26-20-18-16-14-12-10-8-6-4-2/h45-46,49-50H,3-44H2,1-2H3,(H,48,51). The Balaban J connectivity index is 3.44. The van der Waals surface area contributed by atoms with Crippen LogP contribution in [0.3, 0.4) is 0 Å². The van der Waals surface area contributed by atoms with Crippen molar-refractivity contribution in [3.63, 3.8) is 0 Å². The molecule has 0 saturated carbocycles. The zero-order chi connectivity index (χ0) is 37.1. The minimum absolute atomic E-state index is 0.0244. The number of hydrogen-bond donors (Lipinski definition) is 3. The van der Waals surface area contributed by atoms with Gasteiger partial charge in [-0.3, -0.25) is 4.79 Å². The van der Waals surface area contributed by atoms with Gasteiger partial charge in [0, 0.05) is 6.42 Å². The maximum Gasteiger partial charge on any atom is 0.220 e. The summed E-state index contributed by atoms with van der Waals surface area (Å²) in [5.41, 5.74) is 0. The van der Waals surface area contributed by atoms with Crippen LogP contribution < -0.4 is 5.32 Å². The molecule has 0 aliphatic heterocycles. The van der Waals surface area contributed by atoms with Crippen LogP contribution in [-0.2, 0) is 4.79 Å². The number of hydrogen-bond acceptors (Lipinski definition) is 3. The van der Waals surface area contributed by atoms with Crippen molar-refractivity contribution in [1.82, 2.24) is 5.32 Å². The van der Waals surface area contributed by atoms with Gasteiger partial charge in [-0.05, 0) is 12.8 Å². The van der Waals surface area contributed by atoms with E-state index in [9.17, 15) is 15.0 Å². The Morgan fingerprint density at radius 3 is 0.882 bits per heavy atom. The van der Waals surface area contributed by atoms with E-state index in [0.717, 1.165) is 25.7 Å². The Morgan fingerprint density at radius 1 is 0.392 bits per heavy atom. The van der Waals surface area contributed by atoms with E-state index in [4.69, 9.17) is 0 Å². The molecule has 3 N–H and O–H groups in total. The SMILES string of the molecule is CCCCCCCCCCCCCCCCCCCCCCCCC(=O)NC(CO)C(O)CCCCCCCCCCCCCCCCCCC. The van der Waals surface area contributed by atoms with E-state index in [1.165, 1.54) is 225 Å². The third-order valence-corrected chi connectivity index (χ3v) is 11.4. The van der Waals surface area contributed by atoms with Gasteiger partial charge in [0.2, 0.25) is 5.91 Å². The molecule has 1 amide bonds. The second-order valence-electron chi connectivity index (χ2n) is 16.5. The molecule has 0 radical (unpaired) electrons. The van der Waals surface area contributed by atoms with Crippen molar-refractivity contribution in [2.75, 3.05) is 6.61 Å². The summed E-state index contributed by atoms with van der Waals surface area (Å²) in [5.74, 6) is -0.0244. The Labute approximate surface area is 321 Å². The van der Waals surface area contributed by atoms with Crippen molar-refractivity contribution in [2.45, 2.75) is 289 Å². The van der Waals surface area contributed by atoms with Crippen molar-refractivity contribution in [3.8, 4) is 0 Å². The number of carbonyl (C=O) groups excluding carboxylic acids is 1. The molecule has 0 saturated heterocycles. The molecule has 0 aromatic carbocycles. The van der Waals surface area contributed by atoms with E-state index in [0.29, 0.717) is 12.8 Å². The molecule has 306 valence electrons. The quantitative estimate of drug-likeness (QED) is 0.0549. The molecule has 0 heterocycles. The smallest absolute Gasteiger partial charge is 0.220 e. The van der Waals surface area contributed by atoms with Crippen LogP contribution in [-0.4, -0.2) is 34.9 Å². The van der Waals surface area contributed by atoms with Crippen LogP contribution in [0, 0.1) is 0 Å². The zero-order valence-corrected chi connectivity index (χ0v) is 35.2. The summed E-state index contributed by atoms with van der Waals surface area (Å²) < 4.78 is 0. The summed E-state index contributed by atoms with van der Waals surface area (Å²) in [5, 5.41) is 23.2. The topological polar surface area (TPSA) is 69.6 Å². The average molecular weight is 722 g/mol. The first-order valence-corrected chi connectivity index (χ1v) is 23.7. The normalized spacial score (nSPS) is 12.8. The monoisotopic (exact) mass is 722 g/mol. The summed E-state index contributed by atoms with van der Waals surface area (Å²) >= 11 is 0. The van der Waals surface area contributed by atoms with Crippen LogP contribution in [0.5, 0.6) is 0 Å². The minimum atomic E-state index is -0.653. The summed E-state index contributed by atoms with van der Waals surface area (Å²) in [6, 6.07) is -0.529. The van der Waals surface area contributed by atoms with E-state index in [1.54, 1.807) is 0 Å². The maximum absolute atomic E-state index is 12.4. The van der Waals surface area contributed by atoms with Gasteiger partial charge in [0.25, 0.3) is 0 Å². The third-order valence-electron chi connectivity index (χ3n) is 11.4. The average Bonchev–Trinajstić information content (AvgIpc) is 3.13. The summed E-state index contributed by atoms with van der Waals surface area (Å²) in [4.78, 5) is 12.4. The van der Waals surface area contributed by atoms with Gasteiger partial charge in [0.1, 0.15) is 0 Å². The molecule has 0 bridgehead atoms. The number of carbonyl (C=O) groups is 1. The molecular formula is C47H95NO3. The number of aliphatic hydroxyl groups is 2. The van der Waals surface area contributed by atoms with Gasteiger partial charge in [-0.2, -0.15) is 0 Å². The Bertz CT molecular complexity index is 655. The van der Waals surface area contributed by atoms with E-state index in [2.05, 4.69) is 19.2 Å². The number of amides is 1. The Kier molecular flexibility index (Phi) is 43.3. The molecule has 0 aromatic rings. The molecule has 0 aromatic heterocycles. The minimum Gasteiger partial charge on any atom is -0.394 e.